The Balaban J connectivity index is 1.63. The standard InChI is InChI=1S/C14H17ClFNO2/c15-12-6-10(2-3-13(12)16)19-11-7-14(18-8-11)4-1-5-17-9-14/h2-3,6,11,17H,1,4-5,7-9H2/t11-,14+/m1/s1. The third-order valence-corrected chi connectivity index (χ3v) is 4.09. The van der Waals surface area contributed by atoms with Crippen LogP contribution in [0.25, 0.3) is 0 Å². The number of rotatable bonds is 2. The zero-order valence-corrected chi connectivity index (χ0v) is 11.4. The van der Waals surface area contributed by atoms with Gasteiger partial charge in [-0.1, -0.05) is 11.6 Å². The summed E-state index contributed by atoms with van der Waals surface area (Å²) in [6.07, 6.45) is 3.09. The summed E-state index contributed by atoms with van der Waals surface area (Å²) in [6, 6.07) is 4.44. The number of nitrogens with one attached hydrogen (secondary N) is 1. The van der Waals surface area contributed by atoms with E-state index in [0.29, 0.717) is 12.4 Å². The lowest BCUT2D eigenvalue weighted by Gasteiger charge is -2.32. The van der Waals surface area contributed by atoms with Gasteiger partial charge in [0.2, 0.25) is 0 Å². The van der Waals surface area contributed by atoms with Crippen molar-refractivity contribution >= 4 is 11.6 Å². The number of hydrogen-bond donors (Lipinski definition) is 1. The van der Waals surface area contributed by atoms with Crippen LogP contribution in [0, 0.1) is 5.82 Å². The lowest BCUT2D eigenvalue weighted by atomic mass is 9.90. The van der Waals surface area contributed by atoms with Crippen LogP contribution < -0.4 is 10.1 Å². The first-order valence-electron chi connectivity index (χ1n) is 6.63. The maximum absolute atomic E-state index is 13.1. The molecule has 0 amide bonds. The molecule has 0 radical (unpaired) electrons. The Bertz CT molecular complexity index is 463. The molecule has 2 atom stereocenters. The normalized spacial score (nSPS) is 30.7. The van der Waals surface area contributed by atoms with Crippen molar-refractivity contribution in [3.05, 3.63) is 29.0 Å². The molecule has 0 saturated carbocycles. The van der Waals surface area contributed by atoms with Crippen molar-refractivity contribution in [1.29, 1.82) is 0 Å². The summed E-state index contributed by atoms with van der Waals surface area (Å²) in [5.41, 5.74) is -0.0766. The molecule has 0 aliphatic carbocycles. The summed E-state index contributed by atoms with van der Waals surface area (Å²) in [7, 11) is 0. The number of ether oxygens (including phenoxy) is 2. The SMILES string of the molecule is Fc1ccc(O[C@H]2CO[C@@]3(CCCNC3)C2)cc1Cl. The van der Waals surface area contributed by atoms with E-state index in [1.165, 1.54) is 12.1 Å². The van der Waals surface area contributed by atoms with Crippen molar-refractivity contribution < 1.29 is 13.9 Å². The van der Waals surface area contributed by atoms with Crippen molar-refractivity contribution in [2.45, 2.75) is 31.0 Å². The van der Waals surface area contributed by atoms with E-state index in [-0.39, 0.29) is 16.7 Å². The van der Waals surface area contributed by atoms with Crippen LogP contribution in [0.2, 0.25) is 5.02 Å². The highest BCUT2D eigenvalue weighted by Crippen LogP contribution is 2.34. The highest BCUT2D eigenvalue weighted by Gasteiger charge is 2.42. The highest BCUT2D eigenvalue weighted by molar-refractivity contribution is 6.30. The zero-order valence-electron chi connectivity index (χ0n) is 10.6. The van der Waals surface area contributed by atoms with Crippen LogP contribution in [-0.4, -0.2) is 31.4 Å². The van der Waals surface area contributed by atoms with Gasteiger partial charge in [0.1, 0.15) is 17.7 Å². The van der Waals surface area contributed by atoms with E-state index in [1.54, 1.807) is 6.07 Å². The van der Waals surface area contributed by atoms with Crippen molar-refractivity contribution in [1.82, 2.24) is 5.32 Å². The fourth-order valence-corrected chi connectivity index (χ4v) is 3.03. The van der Waals surface area contributed by atoms with Crippen LogP contribution in [0.5, 0.6) is 5.75 Å². The smallest absolute Gasteiger partial charge is 0.142 e. The largest absolute Gasteiger partial charge is 0.488 e. The fourth-order valence-electron chi connectivity index (χ4n) is 2.86. The highest BCUT2D eigenvalue weighted by atomic mass is 35.5. The molecule has 3 rings (SSSR count). The van der Waals surface area contributed by atoms with Gasteiger partial charge >= 0.3 is 0 Å². The number of piperidine rings is 1. The van der Waals surface area contributed by atoms with Gasteiger partial charge in [-0.25, -0.2) is 4.39 Å². The molecule has 2 heterocycles. The molecule has 5 heteroatoms. The molecule has 2 aliphatic heterocycles. The molecule has 1 aromatic rings. The summed E-state index contributed by atoms with van der Waals surface area (Å²) >= 11 is 5.75. The van der Waals surface area contributed by atoms with E-state index in [0.717, 1.165) is 32.4 Å². The Morgan fingerprint density at radius 3 is 3.11 bits per heavy atom. The minimum Gasteiger partial charge on any atom is -0.488 e. The molecule has 0 unspecified atom stereocenters. The minimum atomic E-state index is -0.426. The quantitative estimate of drug-likeness (QED) is 0.906. The molecule has 104 valence electrons. The first-order chi connectivity index (χ1) is 9.17. The molecule has 2 fully saturated rings. The third kappa shape index (κ3) is 2.86. The number of hydrogen-bond acceptors (Lipinski definition) is 3. The van der Waals surface area contributed by atoms with Crippen LogP contribution in [-0.2, 0) is 4.74 Å². The molecule has 1 spiro atoms. The minimum absolute atomic E-state index is 0.0152. The summed E-state index contributed by atoms with van der Waals surface area (Å²) in [4.78, 5) is 0. The molecule has 1 aromatic carbocycles. The van der Waals surface area contributed by atoms with Crippen molar-refractivity contribution in [2.75, 3.05) is 19.7 Å². The first kappa shape index (κ1) is 13.2. The van der Waals surface area contributed by atoms with Crippen LogP contribution >= 0.6 is 11.6 Å². The average molecular weight is 286 g/mol. The van der Waals surface area contributed by atoms with Gasteiger partial charge < -0.3 is 14.8 Å². The molecular weight excluding hydrogens is 269 g/mol. The Labute approximate surface area is 117 Å². The lowest BCUT2D eigenvalue weighted by molar-refractivity contribution is -0.0153. The van der Waals surface area contributed by atoms with E-state index < -0.39 is 5.82 Å². The summed E-state index contributed by atoms with van der Waals surface area (Å²) < 4.78 is 24.8. The zero-order chi connectivity index (χ0) is 13.3. The first-order valence-corrected chi connectivity index (χ1v) is 7.01. The second-order valence-corrected chi connectivity index (χ2v) is 5.70. The Morgan fingerprint density at radius 2 is 2.37 bits per heavy atom. The molecular formula is C14H17ClFNO2. The van der Waals surface area contributed by atoms with Crippen LogP contribution in [0.1, 0.15) is 19.3 Å². The van der Waals surface area contributed by atoms with Gasteiger partial charge in [-0.05, 0) is 31.5 Å². The van der Waals surface area contributed by atoms with Crippen molar-refractivity contribution in [3.8, 4) is 5.75 Å². The molecule has 19 heavy (non-hydrogen) atoms. The van der Waals surface area contributed by atoms with E-state index in [4.69, 9.17) is 21.1 Å². The van der Waals surface area contributed by atoms with Crippen molar-refractivity contribution in [2.24, 2.45) is 0 Å². The summed E-state index contributed by atoms with van der Waals surface area (Å²) in [5.74, 6) is 0.172. The van der Waals surface area contributed by atoms with Gasteiger partial charge in [0.05, 0.1) is 17.2 Å². The van der Waals surface area contributed by atoms with E-state index in [2.05, 4.69) is 5.32 Å². The Morgan fingerprint density at radius 1 is 1.47 bits per heavy atom. The van der Waals surface area contributed by atoms with Gasteiger partial charge in [0.15, 0.2) is 0 Å². The van der Waals surface area contributed by atoms with Gasteiger partial charge in [0.25, 0.3) is 0 Å². The Kier molecular flexibility index (Phi) is 3.65. The summed E-state index contributed by atoms with van der Waals surface area (Å²) in [5, 5.41) is 3.46. The molecule has 0 aromatic heterocycles. The van der Waals surface area contributed by atoms with Crippen LogP contribution in [0.15, 0.2) is 18.2 Å². The predicted octanol–water partition coefficient (Wildman–Crippen LogP) is 2.77. The topological polar surface area (TPSA) is 30.5 Å². The average Bonchev–Trinajstić information content (AvgIpc) is 2.78. The molecule has 0 bridgehead atoms. The van der Waals surface area contributed by atoms with Gasteiger partial charge in [-0.15, -0.1) is 0 Å². The van der Waals surface area contributed by atoms with Gasteiger partial charge in [-0.3, -0.25) is 0 Å². The maximum Gasteiger partial charge on any atom is 0.142 e. The van der Waals surface area contributed by atoms with Crippen LogP contribution in [0.4, 0.5) is 4.39 Å². The molecule has 2 aliphatic rings. The van der Waals surface area contributed by atoms with Crippen molar-refractivity contribution in [3.63, 3.8) is 0 Å². The molecule has 3 nitrogen and oxygen atoms in total. The summed E-state index contributed by atoms with van der Waals surface area (Å²) in [6.45, 7) is 2.53. The third-order valence-electron chi connectivity index (χ3n) is 3.80. The number of halogens is 2. The predicted molar refractivity (Wildman–Crippen MR) is 71.2 cm³/mol. The van der Waals surface area contributed by atoms with Gasteiger partial charge in [-0.2, -0.15) is 0 Å². The van der Waals surface area contributed by atoms with E-state index >= 15 is 0 Å². The monoisotopic (exact) mass is 285 g/mol. The number of benzene rings is 1. The molecule has 1 N–H and O–H groups in total. The van der Waals surface area contributed by atoms with Crippen LogP contribution in [0.3, 0.4) is 0 Å². The van der Waals surface area contributed by atoms with E-state index in [9.17, 15) is 4.39 Å². The van der Waals surface area contributed by atoms with Gasteiger partial charge in [0, 0.05) is 19.0 Å². The molecule has 2 saturated heterocycles. The Hall–Kier alpha value is -0.840. The lowest BCUT2D eigenvalue weighted by Crippen LogP contribution is -2.45. The van der Waals surface area contributed by atoms with E-state index in [1.807, 2.05) is 0 Å². The second-order valence-electron chi connectivity index (χ2n) is 5.29. The second kappa shape index (κ2) is 5.27. The fraction of sp³-hybridized carbons (Fsp3) is 0.571. The maximum atomic E-state index is 13.1.